The van der Waals surface area contributed by atoms with Gasteiger partial charge in [0.05, 0.1) is 17.4 Å². The fraction of sp³-hybridized carbons (Fsp3) is 0.276. The molecular formula is C29H30N4O3. The van der Waals surface area contributed by atoms with Gasteiger partial charge in [-0.3, -0.25) is 4.79 Å². The van der Waals surface area contributed by atoms with Gasteiger partial charge in [-0.25, -0.2) is 4.98 Å². The largest absolute Gasteiger partial charge is 0.490 e. The van der Waals surface area contributed by atoms with Gasteiger partial charge in [0.2, 0.25) is 0 Å². The number of nitriles is 1. The topological polar surface area (TPSA) is 99.7 Å². The van der Waals surface area contributed by atoms with Gasteiger partial charge in [0, 0.05) is 35.7 Å². The Morgan fingerprint density at radius 3 is 2.61 bits per heavy atom. The standard InChI is InChI=1S/C29H30N4O3/c1-19(2)36-27-12-11-23(16-24(27)17-30)29(35)31-25(13-14-34)15-21-7-9-22(10-8-21)26-18-33-20(3)5-4-6-28(33)32-26/h4-12,16,18-19,25,34H,13-15H2,1-3H3,(H,31,35)/t25-/m1/s1. The normalized spacial score (nSPS) is 11.9. The summed E-state index contributed by atoms with van der Waals surface area (Å²) in [6, 6.07) is 20.8. The lowest BCUT2D eigenvalue weighted by molar-refractivity contribution is 0.0930. The Hall–Kier alpha value is -4.15. The maximum atomic E-state index is 12.9. The molecule has 0 radical (unpaired) electrons. The first kappa shape index (κ1) is 25.0. The summed E-state index contributed by atoms with van der Waals surface area (Å²) in [5, 5.41) is 22.0. The maximum Gasteiger partial charge on any atom is 0.251 e. The first-order valence-electron chi connectivity index (χ1n) is 12.0. The van der Waals surface area contributed by atoms with Gasteiger partial charge in [0.25, 0.3) is 5.91 Å². The summed E-state index contributed by atoms with van der Waals surface area (Å²) in [6.45, 7) is 5.76. The summed E-state index contributed by atoms with van der Waals surface area (Å²) in [5.74, 6) is 0.162. The van der Waals surface area contributed by atoms with Crippen molar-refractivity contribution in [2.75, 3.05) is 6.61 Å². The molecule has 0 aliphatic carbocycles. The molecule has 7 heteroatoms. The van der Waals surface area contributed by atoms with Crippen LogP contribution in [0.1, 0.15) is 47.4 Å². The van der Waals surface area contributed by atoms with Crippen molar-refractivity contribution in [3.63, 3.8) is 0 Å². The number of rotatable bonds is 9. The molecule has 0 saturated heterocycles. The molecule has 7 nitrogen and oxygen atoms in total. The van der Waals surface area contributed by atoms with E-state index < -0.39 is 0 Å². The third-order valence-electron chi connectivity index (χ3n) is 5.97. The minimum atomic E-state index is -0.294. The number of carbonyl (C=O) groups excluding carboxylic acids is 1. The Morgan fingerprint density at radius 1 is 1.17 bits per heavy atom. The van der Waals surface area contributed by atoms with E-state index in [0.717, 1.165) is 28.2 Å². The van der Waals surface area contributed by atoms with E-state index in [-0.39, 0.29) is 24.7 Å². The van der Waals surface area contributed by atoms with Gasteiger partial charge in [0.1, 0.15) is 17.5 Å². The maximum absolute atomic E-state index is 12.9. The van der Waals surface area contributed by atoms with Crippen LogP contribution in [0.5, 0.6) is 5.75 Å². The predicted octanol–water partition coefficient (Wildman–Crippen LogP) is 4.69. The van der Waals surface area contributed by atoms with E-state index in [0.29, 0.717) is 29.7 Å². The zero-order valence-electron chi connectivity index (χ0n) is 20.7. The van der Waals surface area contributed by atoms with E-state index >= 15 is 0 Å². The molecule has 0 bridgehead atoms. The number of pyridine rings is 1. The highest BCUT2D eigenvalue weighted by molar-refractivity contribution is 5.95. The smallest absolute Gasteiger partial charge is 0.251 e. The fourth-order valence-corrected chi connectivity index (χ4v) is 4.15. The highest BCUT2D eigenvalue weighted by atomic mass is 16.5. The first-order valence-corrected chi connectivity index (χ1v) is 12.0. The number of benzene rings is 2. The molecule has 4 rings (SSSR count). The van der Waals surface area contributed by atoms with Crippen LogP contribution in [0.4, 0.5) is 0 Å². The molecule has 1 amide bonds. The number of ether oxygens (including phenoxy) is 1. The van der Waals surface area contributed by atoms with Crippen LogP contribution in [0.3, 0.4) is 0 Å². The van der Waals surface area contributed by atoms with Crippen molar-refractivity contribution < 1.29 is 14.6 Å². The number of aliphatic hydroxyl groups excluding tert-OH is 1. The van der Waals surface area contributed by atoms with Crippen molar-refractivity contribution >= 4 is 11.6 Å². The minimum absolute atomic E-state index is 0.0474. The molecule has 2 aromatic carbocycles. The van der Waals surface area contributed by atoms with Gasteiger partial charge in [-0.1, -0.05) is 30.3 Å². The second-order valence-electron chi connectivity index (χ2n) is 9.09. The van der Waals surface area contributed by atoms with Crippen LogP contribution in [-0.2, 0) is 6.42 Å². The molecule has 36 heavy (non-hydrogen) atoms. The number of hydrogen-bond acceptors (Lipinski definition) is 5. The highest BCUT2D eigenvalue weighted by Gasteiger charge is 2.17. The zero-order valence-corrected chi connectivity index (χ0v) is 20.7. The molecule has 0 unspecified atom stereocenters. The van der Waals surface area contributed by atoms with Gasteiger partial charge >= 0.3 is 0 Å². The molecule has 2 heterocycles. The van der Waals surface area contributed by atoms with Crippen LogP contribution in [0.15, 0.2) is 66.9 Å². The number of hydrogen-bond donors (Lipinski definition) is 2. The van der Waals surface area contributed by atoms with Gasteiger partial charge in [-0.05, 0) is 69.5 Å². The Morgan fingerprint density at radius 2 is 1.94 bits per heavy atom. The van der Waals surface area contributed by atoms with Crippen LogP contribution in [0.25, 0.3) is 16.9 Å². The molecule has 0 aliphatic rings. The highest BCUT2D eigenvalue weighted by Crippen LogP contribution is 2.23. The van der Waals surface area contributed by atoms with Crippen molar-refractivity contribution in [1.82, 2.24) is 14.7 Å². The average molecular weight is 483 g/mol. The van der Waals surface area contributed by atoms with E-state index in [4.69, 9.17) is 9.72 Å². The quantitative estimate of drug-likeness (QED) is 0.360. The van der Waals surface area contributed by atoms with Gasteiger partial charge in [0.15, 0.2) is 0 Å². The van der Waals surface area contributed by atoms with Crippen LogP contribution in [0, 0.1) is 18.3 Å². The van der Waals surface area contributed by atoms with E-state index in [2.05, 4.69) is 15.8 Å². The summed E-state index contributed by atoms with van der Waals surface area (Å²) < 4.78 is 7.71. The number of nitrogens with zero attached hydrogens (tertiary/aromatic N) is 3. The zero-order chi connectivity index (χ0) is 25.7. The average Bonchev–Trinajstić information content (AvgIpc) is 3.30. The van der Waals surface area contributed by atoms with Gasteiger partial charge < -0.3 is 19.6 Å². The predicted molar refractivity (Wildman–Crippen MR) is 139 cm³/mol. The number of fused-ring (bicyclic) bond motifs is 1. The summed E-state index contributed by atoms with van der Waals surface area (Å²) in [5.41, 5.74) is 5.66. The van der Waals surface area contributed by atoms with Crippen molar-refractivity contribution in [1.29, 1.82) is 5.26 Å². The number of imidazole rings is 1. The van der Waals surface area contributed by atoms with Crippen molar-refractivity contribution in [2.45, 2.75) is 45.8 Å². The van der Waals surface area contributed by atoms with Crippen molar-refractivity contribution in [3.05, 3.63) is 89.2 Å². The number of carbonyl (C=O) groups is 1. The monoisotopic (exact) mass is 482 g/mol. The molecule has 184 valence electrons. The molecule has 2 aromatic heterocycles. The number of amides is 1. The molecule has 2 N–H and O–H groups in total. The second kappa shape index (κ2) is 11.1. The van der Waals surface area contributed by atoms with Crippen LogP contribution in [0.2, 0.25) is 0 Å². The van der Waals surface area contributed by atoms with E-state index in [1.54, 1.807) is 12.1 Å². The number of aryl methyl sites for hydroxylation is 1. The van der Waals surface area contributed by atoms with Gasteiger partial charge in [-0.15, -0.1) is 0 Å². The molecule has 4 aromatic rings. The summed E-state index contributed by atoms with van der Waals surface area (Å²) >= 11 is 0. The third-order valence-corrected chi connectivity index (χ3v) is 5.97. The number of aliphatic hydroxyl groups is 1. The Balaban J connectivity index is 1.46. The lowest BCUT2D eigenvalue weighted by Crippen LogP contribution is -2.37. The summed E-state index contributed by atoms with van der Waals surface area (Å²) in [7, 11) is 0. The molecule has 0 spiro atoms. The summed E-state index contributed by atoms with van der Waals surface area (Å²) in [6.07, 6.45) is 2.94. The minimum Gasteiger partial charge on any atom is -0.490 e. The SMILES string of the molecule is Cc1cccc2nc(-c3ccc(C[C@@H](CCO)NC(=O)c4ccc(OC(C)C)c(C#N)c4)cc3)cn12. The van der Waals surface area contributed by atoms with E-state index in [1.165, 1.54) is 6.07 Å². The first-order chi connectivity index (χ1) is 17.4. The molecule has 0 saturated carbocycles. The Labute approximate surface area is 211 Å². The van der Waals surface area contributed by atoms with Crippen LogP contribution >= 0.6 is 0 Å². The van der Waals surface area contributed by atoms with E-state index in [1.807, 2.05) is 69.4 Å². The molecule has 0 aliphatic heterocycles. The summed E-state index contributed by atoms with van der Waals surface area (Å²) in [4.78, 5) is 17.6. The van der Waals surface area contributed by atoms with Crippen LogP contribution in [-0.4, -0.2) is 39.2 Å². The van der Waals surface area contributed by atoms with E-state index in [9.17, 15) is 15.2 Å². The second-order valence-corrected chi connectivity index (χ2v) is 9.09. The Kier molecular flexibility index (Phi) is 7.67. The number of aromatic nitrogens is 2. The lowest BCUT2D eigenvalue weighted by Gasteiger charge is -2.19. The van der Waals surface area contributed by atoms with Crippen molar-refractivity contribution in [3.8, 4) is 23.1 Å². The Bertz CT molecular complexity index is 1400. The van der Waals surface area contributed by atoms with Gasteiger partial charge in [-0.2, -0.15) is 5.26 Å². The number of nitrogens with one attached hydrogen (secondary N) is 1. The van der Waals surface area contributed by atoms with Crippen molar-refractivity contribution in [2.24, 2.45) is 0 Å². The lowest BCUT2D eigenvalue weighted by atomic mass is 10.0. The molecule has 0 fully saturated rings. The molecular weight excluding hydrogens is 452 g/mol. The van der Waals surface area contributed by atoms with Crippen LogP contribution < -0.4 is 10.1 Å². The molecule has 1 atom stereocenters. The fourth-order valence-electron chi connectivity index (χ4n) is 4.15. The third kappa shape index (κ3) is 5.73.